The molecule has 1 atom stereocenters. The van der Waals surface area contributed by atoms with Crippen molar-refractivity contribution in [1.29, 1.82) is 0 Å². The summed E-state index contributed by atoms with van der Waals surface area (Å²) in [5.74, 6) is 2.42. The molecule has 2 aromatic rings. The van der Waals surface area contributed by atoms with Crippen molar-refractivity contribution < 1.29 is 4.79 Å². The average Bonchev–Trinajstić information content (AvgIpc) is 3.42. The molecule has 30 heavy (non-hydrogen) atoms. The van der Waals surface area contributed by atoms with Crippen molar-refractivity contribution in [3.05, 3.63) is 48.3 Å². The van der Waals surface area contributed by atoms with Gasteiger partial charge in [0.05, 0.1) is 0 Å². The highest BCUT2D eigenvalue weighted by Crippen LogP contribution is 2.28. The number of hydrogen-bond acceptors (Lipinski definition) is 3. The van der Waals surface area contributed by atoms with Crippen molar-refractivity contribution >= 4 is 17.6 Å². The van der Waals surface area contributed by atoms with Gasteiger partial charge in [0.25, 0.3) is 0 Å². The summed E-state index contributed by atoms with van der Waals surface area (Å²) in [5, 5.41) is 10.5. The number of guanidine groups is 1. The number of aromatic nitrogens is 2. The first-order valence-electron chi connectivity index (χ1n) is 10.9. The molecule has 1 aromatic heterocycles. The molecule has 162 valence electrons. The summed E-state index contributed by atoms with van der Waals surface area (Å²) in [4.78, 5) is 19.1. The Balaban J connectivity index is 1.52. The van der Waals surface area contributed by atoms with Crippen LogP contribution in [0.5, 0.6) is 0 Å². The molecule has 1 saturated heterocycles. The summed E-state index contributed by atoms with van der Waals surface area (Å²) >= 11 is 0. The Bertz CT molecular complexity index is 828. The van der Waals surface area contributed by atoms with Crippen LogP contribution >= 0.6 is 0 Å². The Hall–Kier alpha value is -2.83. The van der Waals surface area contributed by atoms with Gasteiger partial charge in [-0.25, -0.2) is 0 Å². The minimum atomic E-state index is -0.0934. The lowest BCUT2D eigenvalue weighted by Gasteiger charge is -2.24. The van der Waals surface area contributed by atoms with Gasteiger partial charge in [0.15, 0.2) is 5.96 Å². The van der Waals surface area contributed by atoms with E-state index in [4.69, 9.17) is 0 Å². The maximum absolute atomic E-state index is 12.2. The molecule has 2 N–H and O–H groups in total. The fourth-order valence-corrected chi connectivity index (χ4v) is 4.33. The number of nitrogens with one attached hydrogen (secondary N) is 2. The highest BCUT2D eigenvalue weighted by Gasteiger charge is 2.29. The standard InChI is InChI=1S/C23H34N6O/c1-4-19(5-2)20-10-13-28(16-20)23(24-3)25-15-18-8-6-9-21(14-18)27-22(30)17-29-12-7-11-26-29/h6-9,11-12,14,19-20H,4-5,10,13,15-17H2,1-3H3,(H,24,25)(H,27,30). The second-order valence-electron chi connectivity index (χ2n) is 7.92. The molecule has 1 aliphatic heterocycles. The second kappa shape index (κ2) is 10.8. The van der Waals surface area contributed by atoms with E-state index in [2.05, 4.69) is 45.5 Å². The zero-order valence-electron chi connectivity index (χ0n) is 18.3. The molecule has 0 spiro atoms. The number of carbonyl (C=O) groups excluding carboxylic acids is 1. The van der Waals surface area contributed by atoms with E-state index in [1.165, 1.54) is 19.3 Å². The topological polar surface area (TPSA) is 74.5 Å². The number of nitrogens with zero attached hydrogens (tertiary/aromatic N) is 4. The Morgan fingerprint density at radius 3 is 2.83 bits per heavy atom. The van der Waals surface area contributed by atoms with E-state index >= 15 is 0 Å². The third kappa shape index (κ3) is 5.84. The maximum Gasteiger partial charge on any atom is 0.246 e. The Morgan fingerprint density at radius 2 is 2.13 bits per heavy atom. The number of anilines is 1. The molecule has 0 radical (unpaired) electrons. The van der Waals surface area contributed by atoms with E-state index in [0.717, 1.165) is 42.1 Å². The van der Waals surface area contributed by atoms with Gasteiger partial charge in [-0.15, -0.1) is 0 Å². The molecular weight excluding hydrogens is 376 g/mol. The lowest BCUT2D eigenvalue weighted by molar-refractivity contribution is -0.116. The van der Waals surface area contributed by atoms with Gasteiger partial charge in [-0.3, -0.25) is 14.5 Å². The zero-order valence-corrected chi connectivity index (χ0v) is 18.3. The average molecular weight is 411 g/mol. The zero-order chi connectivity index (χ0) is 21.3. The van der Waals surface area contributed by atoms with Gasteiger partial charge >= 0.3 is 0 Å². The first-order valence-corrected chi connectivity index (χ1v) is 10.9. The van der Waals surface area contributed by atoms with Gasteiger partial charge in [-0.1, -0.05) is 38.8 Å². The number of benzene rings is 1. The highest BCUT2D eigenvalue weighted by molar-refractivity contribution is 5.90. The van der Waals surface area contributed by atoms with Crippen molar-refractivity contribution in [1.82, 2.24) is 20.0 Å². The Morgan fingerprint density at radius 1 is 1.30 bits per heavy atom. The van der Waals surface area contributed by atoms with Crippen LogP contribution in [0.4, 0.5) is 5.69 Å². The van der Waals surface area contributed by atoms with Crippen LogP contribution in [0, 0.1) is 11.8 Å². The summed E-state index contributed by atoms with van der Waals surface area (Å²) in [6.07, 6.45) is 7.18. The summed E-state index contributed by atoms with van der Waals surface area (Å²) in [5.41, 5.74) is 1.89. The van der Waals surface area contributed by atoms with Gasteiger partial charge in [-0.05, 0) is 42.0 Å². The molecule has 3 rings (SSSR count). The highest BCUT2D eigenvalue weighted by atomic mass is 16.2. The van der Waals surface area contributed by atoms with Crippen LogP contribution in [0.25, 0.3) is 0 Å². The van der Waals surface area contributed by atoms with Crippen molar-refractivity contribution in [2.75, 3.05) is 25.5 Å². The summed E-state index contributed by atoms with van der Waals surface area (Å²) in [6, 6.07) is 9.72. The molecule has 1 aromatic carbocycles. The summed E-state index contributed by atoms with van der Waals surface area (Å²) < 4.78 is 1.61. The van der Waals surface area contributed by atoms with Gasteiger partial charge in [0, 0.05) is 44.8 Å². The van der Waals surface area contributed by atoms with E-state index in [9.17, 15) is 4.79 Å². The predicted molar refractivity (Wildman–Crippen MR) is 121 cm³/mol. The van der Waals surface area contributed by atoms with Crippen LogP contribution < -0.4 is 10.6 Å². The molecule has 0 bridgehead atoms. The Labute approximate surface area is 179 Å². The van der Waals surface area contributed by atoms with Crippen molar-refractivity contribution in [2.45, 2.75) is 46.2 Å². The number of aliphatic imine (C=N–C) groups is 1. The first kappa shape index (κ1) is 21.9. The summed E-state index contributed by atoms with van der Waals surface area (Å²) in [7, 11) is 1.85. The molecule has 7 nitrogen and oxygen atoms in total. The molecule has 1 aliphatic rings. The fraction of sp³-hybridized carbons (Fsp3) is 0.522. The SMILES string of the molecule is CCC(CC)C1CCN(C(=NC)NCc2cccc(NC(=O)Cn3cccn3)c2)C1. The van der Waals surface area contributed by atoms with Crippen molar-refractivity contribution in [2.24, 2.45) is 16.8 Å². The van der Waals surface area contributed by atoms with E-state index in [1.54, 1.807) is 23.1 Å². The van der Waals surface area contributed by atoms with Crippen LogP contribution in [-0.4, -0.2) is 46.7 Å². The fourth-order valence-electron chi connectivity index (χ4n) is 4.33. The van der Waals surface area contributed by atoms with Gasteiger partial charge in [0.2, 0.25) is 5.91 Å². The van der Waals surface area contributed by atoms with Gasteiger partial charge < -0.3 is 15.5 Å². The molecule has 1 amide bonds. The van der Waals surface area contributed by atoms with Crippen LogP contribution in [0.3, 0.4) is 0 Å². The lowest BCUT2D eigenvalue weighted by Crippen LogP contribution is -2.40. The summed E-state index contributed by atoms with van der Waals surface area (Å²) in [6.45, 7) is 7.60. The number of hydrogen-bond donors (Lipinski definition) is 2. The minimum absolute atomic E-state index is 0.0934. The van der Waals surface area contributed by atoms with Crippen molar-refractivity contribution in [3.8, 4) is 0 Å². The molecular formula is C23H34N6O. The van der Waals surface area contributed by atoms with E-state index in [1.807, 2.05) is 25.2 Å². The van der Waals surface area contributed by atoms with Crippen LogP contribution in [0.2, 0.25) is 0 Å². The van der Waals surface area contributed by atoms with E-state index in [0.29, 0.717) is 6.54 Å². The largest absolute Gasteiger partial charge is 0.352 e. The van der Waals surface area contributed by atoms with E-state index < -0.39 is 0 Å². The van der Waals surface area contributed by atoms with Crippen LogP contribution in [0.15, 0.2) is 47.7 Å². The van der Waals surface area contributed by atoms with E-state index in [-0.39, 0.29) is 12.5 Å². The Kier molecular flexibility index (Phi) is 7.88. The second-order valence-corrected chi connectivity index (χ2v) is 7.92. The number of rotatable bonds is 8. The minimum Gasteiger partial charge on any atom is -0.352 e. The van der Waals surface area contributed by atoms with Gasteiger partial charge in [0.1, 0.15) is 6.54 Å². The maximum atomic E-state index is 12.2. The first-order chi connectivity index (χ1) is 14.6. The quantitative estimate of drug-likeness (QED) is 0.517. The predicted octanol–water partition coefficient (Wildman–Crippen LogP) is 3.36. The molecule has 0 aliphatic carbocycles. The smallest absolute Gasteiger partial charge is 0.246 e. The molecule has 1 fully saturated rings. The van der Waals surface area contributed by atoms with Gasteiger partial charge in [-0.2, -0.15) is 5.10 Å². The number of likely N-dealkylation sites (tertiary alicyclic amines) is 1. The lowest BCUT2D eigenvalue weighted by atomic mass is 9.87. The molecule has 2 heterocycles. The molecule has 7 heteroatoms. The van der Waals surface area contributed by atoms with Crippen molar-refractivity contribution in [3.63, 3.8) is 0 Å². The number of carbonyl (C=O) groups is 1. The third-order valence-corrected chi connectivity index (χ3v) is 5.98. The van der Waals surface area contributed by atoms with Crippen LogP contribution in [-0.2, 0) is 17.9 Å². The monoisotopic (exact) mass is 410 g/mol. The molecule has 1 unspecified atom stereocenters. The third-order valence-electron chi connectivity index (χ3n) is 5.98. The normalized spacial score (nSPS) is 16.9. The molecule has 0 saturated carbocycles. The van der Waals surface area contributed by atoms with Crippen LogP contribution in [0.1, 0.15) is 38.7 Å². The number of amides is 1.